The number of fused-ring (bicyclic) bond motifs is 1. The lowest BCUT2D eigenvalue weighted by Gasteiger charge is -2.28. The normalized spacial score (nSPS) is 20.0. The van der Waals surface area contributed by atoms with Gasteiger partial charge in [-0.1, -0.05) is 13.8 Å². The second kappa shape index (κ2) is 2.60. The molecule has 0 saturated heterocycles. The maximum absolute atomic E-state index is 4.56. The molecule has 72 valence electrons. The largest absolute Gasteiger partial charge is 0.272 e. The van der Waals surface area contributed by atoms with Crippen molar-refractivity contribution in [1.29, 1.82) is 0 Å². The van der Waals surface area contributed by atoms with E-state index in [9.17, 15) is 0 Å². The molecule has 0 unspecified atom stereocenters. The van der Waals surface area contributed by atoms with Gasteiger partial charge in [-0.05, 0) is 37.2 Å². The van der Waals surface area contributed by atoms with Gasteiger partial charge in [-0.15, -0.1) is 0 Å². The van der Waals surface area contributed by atoms with Crippen LogP contribution in [0.1, 0.15) is 37.2 Å². The lowest BCUT2D eigenvalue weighted by molar-refractivity contribution is 0.311. The lowest BCUT2D eigenvalue weighted by atomic mass is 9.76. The average Bonchev–Trinajstić information content (AvgIpc) is 2.25. The Balaban J connectivity index is 2.42. The van der Waals surface area contributed by atoms with Gasteiger partial charge in [0, 0.05) is 12.7 Å². The highest BCUT2D eigenvalue weighted by Crippen LogP contribution is 2.35. The zero-order chi connectivity index (χ0) is 9.64. The van der Waals surface area contributed by atoms with Crippen molar-refractivity contribution < 1.29 is 0 Å². The lowest BCUT2D eigenvalue weighted by Crippen LogP contribution is -2.21. The maximum atomic E-state index is 4.56. The number of nitrogens with zero attached hydrogens (tertiary/aromatic N) is 2. The zero-order valence-corrected chi connectivity index (χ0v) is 9.02. The Morgan fingerprint density at radius 1 is 1.38 bits per heavy atom. The van der Waals surface area contributed by atoms with Gasteiger partial charge in [0.25, 0.3) is 0 Å². The number of rotatable bonds is 0. The average molecular weight is 178 g/mol. The van der Waals surface area contributed by atoms with Crippen LogP contribution in [0.4, 0.5) is 0 Å². The Morgan fingerprint density at radius 3 is 2.77 bits per heavy atom. The molecule has 1 heterocycles. The molecule has 0 aromatic carbocycles. The van der Waals surface area contributed by atoms with Gasteiger partial charge in [-0.25, -0.2) is 0 Å². The number of hydrogen-bond donors (Lipinski definition) is 0. The molecular weight excluding hydrogens is 160 g/mol. The SMILES string of the molecule is Cc1c2c(nn1C)CC(C)(C)CC2. The fraction of sp³-hybridized carbons (Fsp3) is 0.727. The molecular formula is C11H18N2. The molecule has 1 aromatic heterocycles. The zero-order valence-electron chi connectivity index (χ0n) is 9.02. The highest BCUT2D eigenvalue weighted by Gasteiger charge is 2.28. The van der Waals surface area contributed by atoms with Crippen LogP contribution in [0, 0.1) is 12.3 Å². The first-order valence-corrected chi connectivity index (χ1v) is 5.01. The summed E-state index contributed by atoms with van der Waals surface area (Å²) < 4.78 is 2.02. The van der Waals surface area contributed by atoms with Gasteiger partial charge in [0.15, 0.2) is 0 Å². The van der Waals surface area contributed by atoms with E-state index in [-0.39, 0.29) is 0 Å². The second-order valence-electron chi connectivity index (χ2n) is 4.98. The van der Waals surface area contributed by atoms with Crippen LogP contribution < -0.4 is 0 Å². The minimum absolute atomic E-state index is 0.452. The first-order valence-electron chi connectivity index (χ1n) is 5.01. The standard InChI is InChI=1S/C11H18N2/c1-8-9-5-6-11(2,3)7-10(9)12-13(8)4/h5-7H2,1-4H3. The summed E-state index contributed by atoms with van der Waals surface area (Å²) in [6, 6.07) is 0. The molecule has 0 atom stereocenters. The van der Waals surface area contributed by atoms with E-state index >= 15 is 0 Å². The van der Waals surface area contributed by atoms with Gasteiger partial charge < -0.3 is 0 Å². The topological polar surface area (TPSA) is 17.8 Å². The molecule has 0 radical (unpaired) electrons. The molecule has 1 aliphatic carbocycles. The van der Waals surface area contributed by atoms with Crippen LogP contribution in [0.2, 0.25) is 0 Å². The third kappa shape index (κ3) is 1.38. The molecule has 0 bridgehead atoms. The molecule has 0 amide bonds. The van der Waals surface area contributed by atoms with Crippen LogP contribution in [0.15, 0.2) is 0 Å². The van der Waals surface area contributed by atoms with Gasteiger partial charge in [-0.3, -0.25) is 4.68 Å². The number of aromatic nitrogens is 2. The highest BCUT2D eigenvalue weighted by atomic mass is 15.3. The molecule has 13 heavy (non-hydrogen) atoms. The van der Waals surface area contributed by atoms with Crippen molar-refractivity contribution in [3.05, 3.63) is 17.0 Å². The van der Waals surface area contributed by atoms with Crippen LogP contribution >= 0.6 is 0 Å². The fourth-order valence-corrected chi connectivity index (χ4v) is 2.19. The quantitative estimate of drug-likeness (QED) is 0.595. The minimum atomic E-state index is 0.452. The van der Waals surface area contributed by atoms with E-state index in [2.05, 4.69) is 25.9 Å². The molecule has 0 N–H and O–H groups in total. The Labute approximate surface area is 80.0 Å². The third-order valence-electron chi connectivity index (χ3n) is 3.24. The summed E-state index contributed by atoms with van der Waals surface area (Å²) in [7, 11) is 2.04. The Bertz CT molecular complexity index is 334. The van der Waals surface area contributed by atoms with Crippen LogP contribution in [-0.2, 0) is 19.9 Å². The number of hydrogen-bond acceptors (Lipinski definition) is 1. The second-order valence-corrected chi connectivity index (χ2v) is 4.98. The first kappa shape index (κ1) is 8.79. The predicted molar refractivity (Wildman–Crippen MR) is 53.8 cm³/mol. The van der Waals surface area contributed by atoms with Crippen molar-refractivity contribution >= 4 is 0 Å². The number of aryl methyl sites for hydroxylation is 1. The summed E-state index contributed by atoms with van der Waals surface area (Å²) >= 11 is 0. The monoisotopic (exact) mass is 178 g/mol. The van der Waals surface area contributed by atoms with Crippen LogP contribution in [0.3, 0.4) is 0 Å². The van der Waals surface area contributed by atoms with Crippen molar-refractivity contribution in [2.45, 2.75) is 40.0 Å². The highest BCUT2D eigenvalue weighted by molar-refractivity contribution is 5.28. The van der Waals surface area contributed by atoms with Gasteiger partial charge in [-0.2, -0.15) is 5.10 Å². The van der Waals surface area contributed by atoms with Crippen LogP contribution in [0.25, 0.3) is 0 Å². The Morgan fingerprint density at radius 2 is 2.08 bits per heavy atom. The summed E-state index contributed by atoms with van der Waals surface area (Å²) in [5.74, 6) is 0. The summed E-state index contributed by atoms with van der Waals surface area (Å²) in [4.78, 5) is 0. The molecule has 1 aromatic rings. The van der Waals surface area contributed by atoms with Crippen molar-refractivity contribution in [3.63, 3.8) is 0 Å². The molecule has 0 saturated carbocycles. The summed E-state index contributed by atoms with van der Waals surface area (Å²) in [6.45, 7) is 6.84. The van der Waals surface area contributed by atoms with E-state index < -0.39 is 0 Å². The van der Waals surface area contributed by atoms with Gasteiger partial charge in [0.05, 0.1) is 5.69 Å². The summed E-state index contributed by atoms with van der Waals surface area (Å²) in [6.07, 6.45) is 3.65. The Hall–Kier alpha value is -0.790. The van der Waals surface area contributed by atoms with E-state index in [1.54, 1.807) is 0 Å². The molecule has 2 heteroatoms. The van der Waals surface area contributed by atoms with E-state index in [1.165, 1.54) is 29.8 Å². The van der Waals surface area contributed by atoms with Crippen LogP contribution in [-0.4, -0.2) is 9.78 Å². The van der Waals surface area contributed by atoms with Crippen molar-refractivity contribution in [3.8, 4) is 0 Å². The van der Waals surface area contributed by atoms with Crippen molar-refractivity contribution in [2.75, 3.05) is 0 Å². The molecule has 1 aliphatic rings. The maximum Gasteiger partial charge on any atom is 0.0664 e. The van der Waals surface area contributed by atoms with E-state index in [1.807, 2.05) is 11.7 Å². The molecule has 0 fully saturated rings. The summed E-state index contributed by atoms with van der Waals surface area (Å²) in [5.41, 5.74) is 4.64. The van der Waals surface area contributed by atoms with E-state index in [0.717, 1.165) is 6.42 Å². The van der Waals surface area contributed by atoms with Gasteiger partial charge >= 0.3 is 0 Å². The first-order chi connectivity index (χ1) is 5.99. The van der Waals surface area contributed by atoms with E-state index in [0.29, 0.717) is 5.41 Å². The Kier molecular flexibility index (Phi) is 1.76. The molecule has 2 nitrogen and oxygen atoms in total. The van der Waals surface area contributed by atoms with Crippen molar-refractivity contribution in [2.24, 2.45) is 12.5 Å². The van der Waals surface area contributed by atoms with E-state index in [4.69, 9.17) is 0 Å². The molecule has 2 rings (SSSR count). The smallest absolute Gasteiger partial charge is 0.0664 e. The molecule has 0 aliphatic heterocycles. The van der Waals surface area contributed by atoms with Gasteiger partial charge in [0.2, 0.25) is 0 Å². The predicted octanol–water partition coefficient (Wildman–Crippen LogP) is 2.24. The van der Waals surface area contributed by atoms with Gasteiger partial charge in [0.1, 0.15) is 0 Å². The third-order valence-corrected chi connectivity index (χ3v) is 3.24. The fourth-order valence-electron chi connectivity index (χ4n) is 2.19. The van der Waals surface area contributed by atoms with Crippen molar-refractivity contribution in [1.82, 2.24) is 9.78 Å². The molecule has 0 spiro atoms. The summed E-state index contributed by atoms with van der Waals surface area (Å²) in [5, 5.41) is 4.56. The van der Waals surface area contributed by atoms with Crippen LogP contribution in [0.5, 0.6) is 0 Å². The minimum Gasteiger partial charge on any atom is -0.272 e.